The van der Waals surface area contributed by atoms with Gasteiger partial charge in [-0.3, -0.25) is 0 Å². The lowest BCUT2D eigenvalue weighted by atomic mass is 10.1. The van der Waals surface area contributed by atoms with Crippen LogP contribution >= 0.6 is 0 Å². The lowest BCUT2D eigenvalue weighted by Gasteiger charge is -2.09. The highest BCUT2D eigenvalue weighted by atomic mass is 32.2. The Morgan fingerprint density at radius 2 is 1.88 bits per heavy atom. The second-order valence-corrected chi connectivity index (χ2v) is 6.74. The summed E-state index contributed by atoms with van der Waals surface area (Å²) in [6.07, 6.45) is -4.49. The van der Waals surface area contributed by atoms with Gasteiger partial charge in [-0.15, -0.1) is 0 Å². The summed E-state index contributed by atoms with van der Waals surface area (Å²) in [5, 5.41) is 0. The van der Waals surface area contributed by atoms with E-state index in [-0.39, 0.29) is 17.9 Å². The van der Waals surface area contributed by atoms with Gasteiger partial charge in [0.2, 0.25) is 10.0 Å². The normalized spacial score (nSPS) is 11.6. The molecule has 0 aliphatic rings. The van der Waals surface area contributed by atoms with Gasteiger partial charge in [-0.2, -0.15) is 17.9 Å². The van der Waals surface area contributed by atoms with Crippen molar-refractivity contribution in [3.05, 3.63) is 59.4 Å². The van der Waals surface area contributed by atoms with E-state index in [9.17, 15) is 26.0 Å². The smallest absolute Gasteiger partial charge is 0.416 e. The van der Waals surface area contributed by atoms with Crippen LogP contribution in [-0.4, -0.2) is 22.1 Å². The van der Waals surface area contributed by atoms with Crippen molar-refractivity contribution in [2.75, 3.05) is 13.7 Å². The van der Waals surface area contributed by atoms with E-state index >= 15 is 0 Å². The van der Waals surface area contributed by atoms with E-state index in [1.54, 1.807) is 0 Å². The summed E-state index contributed by atoms with van der Waals surface area (Å²) in [7, 11) is -2.87. The van der Waals surface area contributed by atoms with Gasteiger partial charge in [-0.1, -0.05) is 17.9 Å². The average Bonchev–Trinajstić information content (AvgIpc) is 2.58. The van der Waals surface area contributed by atoms with Crippen LogP contribution in [0.2, 0.25) is 0 Å². The van der Waals surface area contributed by atoms with Gasteiger partial charge in [-0.05, 0) is 36.4 Å². The zero-order chi connectivity index (χ0) is 19.4. The largest absolute Gasteiger partial charge is 0.495 e. The Bertz CT molecular complexity index is 960. The summed E-state index contributed by atoms with van der Waals surface area (Å²) < 4.78 is 82.5. The lowest BCUT2D eigenvalue weighted by Crippen LogP contribution is -2.24. The third-order valence-corrected chi connectivity index (χ3v) is 4.61. The number of sulfonamides is 1. The topological polar surface area (TPSA) is 55.4 Å². The highest BCUT2D eigenvalue weighted by Crippen LogP contribution is 2.29. The molecule has 0 aliphatic heterocycles. The van der Waals surface area contributed by atoms with Crippen molar-refractivity contribution in [2.45, 2.75) is 11.1 Å². The van der Waals surface area contributed by atoms with Crippen LogP contribution < -0.4 is 9.46 Å². The molecule has 9 heteroatoms. The van der Waals surface area contributed by atoms with Gasteiger partial charge in [-0.25, -0.2) is 12.8 Å². The van der Waals surface area contributed by atoms with Gasteiger partial charge >= 0.3 is 6.18 Å². The number of halogens is 4. The van der Waals surface area contributed by atoms with Crippen LogP contribution in [0, 0.1) is 17.7 Å². The van der Waals surface area contributed by atoms with E-state index in [1.165, 1.54) is 19.2 Å². The summed E-state index contributed by atoms with van der Waals surface area (Å²) in [5.74, 6) is 4.04. The SMILES string of the molecule is COc1ccc(F)cc1S(=O)(=O)NCC#Cc1cccc(C(F)(F)F)c1. The summed E-state index contributed by atoms with van der Waals surface area (Å²) in [4.78, 5) is -0.402. The molecule has 4 nitrogen and oxygen atoms in total. The number of ether oxygens (including phenoxy) is 1. The van der Waals surface area contributed by atoms with Crippen LogP contribution in [0.1, 0.15) is 11.1 Å². The molecule has 0 radical (unpaired) electrons. The summed E-state index contributed by atoms with van der Waals surface area (Å²) >= 11 is 0. The van der Waals surface area contributed by atoms with E-state index in [0.29, 0.717) is 0 Å². The molecule has 2 aromatic carbocycles. The van der Waals surface area contributed by atoms with Gasteiger partial charge in [0.05, 0.1) is 19.2 Å². The molecule has 0 aliphatic carbocycles. The van der Waals surface area contributed by atoms with Crippen LogP contribution in [0.4, 0.5) is 17.6 Å². The molecule has 2 rings (SSSR count). The van der Waals surface area contributed by atoms with Crippen LogP contribution in [0.3, 0.4) is 0 Å². The first-order valence-electron chi connectivity index (χ1n) is 7.13. The van der Waals surface area contributed by atoms with Crippen LogP contribution in [0.25, 0.3) is 0 Å². The number of methoxy groups -OCH3 is 1. The highest BCUT2D eigenvalue weighted by Gasteiger charge is 2.30. The van der Waals surface area contributed by atoms with Gasteiger partial charge in [0.15, 0.2) is 0 Å². The average molecular weight is 387 g/mol. The Balaban J connectivity index is 2.14. The minimum Gasteiger partial charge on any atom is -0.495 e. The van der Waals surface area contributed by atoms with Crippen LogP contribution in [-0.2, 0) is 16.2 Å². The van der Waals surface area contributed by atoms with Crippen molar-refractivity contribution in [1.82, 2.24) is 4.72 Å². The standard InChI is InChI=1S/C17H13F4NO3S/c1-25-15-8-7-14(18)11-16(15)26(23,24)22-9-3-5-12-4-2-6-13(10-12)17(19,20)21/h2,4,6-8,10-11,22H,9H2,1H3. The third-order valence-electron chi connectivity index (χ3n) is 3.19. The molecule has 1 N–H and O–H groups in total. The first kappa shape index (κ1) is 19.8. The summed E-state index contributed by atoms with van der Waals surface area (Å²) in [6, 6.07) is 7.34. The van der Waals surface area contributed by atoms with Gasteiger partial charge in [0.1, 0.15) is 16.5 Å². The second-order valence-electron chi connectivity index (χ2n) is 5.00. The molecule has 0 heterocycles. The zero-order valence-corrected chi connectivity index (χ0v) is 14.2. The van der Waals surface area contributed by atoms with Crippen molar-refractivity contribution in [1.29, 1.82) is 0 Å². The Labute approximate surface area is 147 Å². The molecular formula is C17H13F4NO3S. The molecule has 0 amide bonds. The minimum atomic E-state index is -4.49. The quantitative estimate of drug-likeness (QED) is 0.648. The molecule has 0 aromatic heterocycles. The Morgan fingerprint density at radius 3 is 2.54 bits per heavy atom. The maximum absolute atomic E-state index is 13.3. The first-order valence-corrected chi connectivity index (χ1v) is 8.61. The maximum Gasteiger partial charge on any atom is 0.416 e. The molecule has 0 saturated heterocycles. The monoisotopic (exact) mass is 387 g/mol. The van der Waals surface area contributed by atoms with E-state index in [1.807, 2.05) is 0 Å². The Kier molecular flexibility index (Phi) is 5.90. The van der Waals surface area contributed by atoms with E-state index in [4.69, 9.17) is 4.74 Å². The van der Waals surface area contributed by atoms with E-state index < -0.39 is 32.5 Å². The molecule has 0 atom stereocenters. The molecule has 2 aromatic rings. The fraction of sp³-hybridized carbons (Fsp3) is 0.176. The molecule has 0 bridgehead atoms. The molecule has 0 fully saturated rings. The van der Waals surface area contributed by atoms with Gasteiger partial charge in [0.25, 0.3) is 0 Å². The summed E-state index contributed by atoms with van der Waals surface area (Å²) in [6.45, 7) is -0.377. The number of rotatable bonds is 4. The molecular weight excluding hydrogens is 374 g/mol. The van der Waals surface area contributed by atoms with Crippen molar-refractivity contribution >= 4 is 10.0 Å². The fourth-order valence-electron chi connectivity index (χ4n) is 1.99. The number of benzene rings is 2. The number of alkyl halides is 3. The maximum atomic E-state index is 13.3. The first-order chi connectivity index (χ1) is 12.1. The van der Waals surface area contributed by atoms with Gasteiger partial charge < -0.3 is 4.74 Å². The predicted octanol–water partition coefficient (Wildman–Crippen LogP) is 3.18. The molecule has 0 saturated carbocycles. The molecule has 0 spiro atoms. The van der Waals surface area contributed by atoms with Crippen molar-refractivity contribution < 1.29 is 30.7 Å². The second kappa shape index (κ2) is 7.76. The van der Waals surface area contributed by atoms with E-state index in [2.05, 4.69) is 16.6 Å². The van der Waals surface area contributed by atoms with Crippen LogP contribution in [0.15, 0.2) is 47.4 Å². The fourth-order valence-corrected chi connectivity index (χ4v) is 3.09. The van der Waals surface area contributed by atoms with Crippen LogP contribution in [0.5, 0.6) is 5.75 Å². The Hall–Kier alpha value is -2.57. The minimum absolute atomic E-state index is 0.0512. The van der Waals surface area contributed by atoms with Crippen molar-refractivity contribution in [3.63, 3.8) is 0 Å². The zero-order valence-electron chi connectivity index (χ0n) is 13.4. The molecule has 138 valence electrons. The molecule has 0 unspecified atom stereocenters. The van der Waals surface area contributed by atoms with E-state index in [0.717, 1.165) is 30.3 Å². The van der Waals surface area contributed by atoms with Crippen molar-refractivity contribution in [2.24, 2.45) is 0 Å². The third kappa shape index (κ3) is 4.97. The lowest BCUT2D eigenvalue weighted by molar-refractivity contribution is -0.137. The number of hydrogen-bond acceptors (Lipinski definition) is 3. The van der Waals surface area contributed by atoms with Crippen molar-refractivity contribution in [3.8, 4) is 17.6 Å². The Morgan fingerprint density at radius 1 is 1.15 bits per heavy atom. The highest BCUT2D eigenvalue weighted by molar-refractivity contribution is 7.89. The predicted molar refractivity (Wildman–Crippen MR) is 86.5 cm³/mol. The number of hydrogen-bond donors (Lipinski definition) is 1. The summed E-state index contributed by atoms with van der Waals surface area (Å²) in [5.41, 5.74) is -0.767. The van der Waals surface area contributed by atoms with Gasteiger partial charge in [0, 0.05) is 5.56 Å². The number of nitrogens with one attached hydrogen (secondary N) is 1. The molecule has 26 heavy (non-hydrogen) atoms.